The van der Waals surface area contributed by atoms with Crippen LogP contribution in [0, 0.1) is 13.8 Å². The van der Waals surface area contributed by atoms with E-state index >= 15 is 0 Å². The SMILES string of the molecule is CCc1nc2sc(C)c(-c3ccc(C)cc3)c2c(=O)n1C1CCN(C)CC1. The lowest BCUT2D eigenvalue weighted by molar-refractivity contribution is 0.216. The predicted molar refractivity (Wildman–Crippen MR) is 114 cm³/mol. The third-order valence-corrected chi connectivity index (χ3v) is 6.72. The monoisotopic (exact) mass is 381 g/mol. The van der Waals surface area contributed by atoms with Crippen molar-refractivity contribution in [1.29, 1.82) is 0 Å². The molecule has 5 heteroatoms. The molecule has 27 heavy (non-hydrogen) atoms. The zero-order valence-corrected chi connectivity index (χ0v) is 17.4. The molecule has 3 aromatic rings. The molecule has 0 unspecified atom stereocenters. The van der Waals surface area contributed by atoms with Crippen molar-refractivity contribution in [2.45, 2.75) is 46.1 Å². The van der Waals surface area contributed by atoms with Gasteiger partial charge in [-0.05, 0) is 52.4 Å². The first-order valence-corrected chi connectivity index (χ1v) is 10.6. The molecule has 0 N–H and O–H groups in total. The Kier molecular flexibility index (Phi) is 4.91. The minimum absolute atomic E-state index is 0.145. The molecule has 0 saturated carbocycles. The van der Waals surface area contributed by atoms with Crippen LogP contribution in [0.1, 0.15) is 42.1 Å². The summed E-state index contributed by atoms with van der Waals surface area (Å²) < 4.78 is 2.01. The van der Waals surface area contributed by atoms with Crippen molar-refractivity contribution in [3.8, 4) is 11.1 Å². The van der Waals surface area contributed by atoms with Gasteiger partial charge in [0.25, 0.3) is 5.56 Å². The highest BCUT2D eigenvalue weighted by atomic mass is 32.1. The lowest BCUT2D eigenvalue weighted by Crippen LogP contribution is -2.37. The van der Waals surface area contributed by atoms with Crippen molar-refractivity contribution in [2.24, 2.45) is 0 Å². The average molecular weight is 382 g/mol. The quantitative estimate of drug-likeness (QED) is 0.667. The van der Waals surface area contributed by atoms with Crippen molar-refractivity contribution in [3.63, 3.8) is 0 Å². The van der Waals surface area contributed by atoms with Gasteiger partial charge in [0.15, 0.2) is 0 Å². The van der Waals surface area contributed by atoms with Crippen molar-refractivity contribution in [1.82, 2.24) is 14.5 Å². The van der Waals surface area contributed by atoms with Gasteiger partial charge in [0.05, 0.1) is 5.39 Å². The molecule has 1 aromatic carbocycles. The number of aryl methyl sites for hydroxylation is 3. The molecular formula is C22H27N3OS. The first-order chi connectivity index (χ1) is 13.0. The lowest BCUT2D eigenvalue weighted by Gasteiger charge is -2.31. The fourth-order valence-corrected chi connectivity index (χ4v) is 5.22. The first kappa shape index (κ1) is 18.4. The van der Waals surface area contributed by atoms with Gasteiger partial charge in [-0.15, -0.1) is 11.3 Å². The van der Waals surface area contributed by atoms with E-state index in [0.29, 0.717) is 0 Å². The highest BCUT2D eigenvalue weighted by molar-refractivity contribution is 7.19. The summed E-state index contributed by atoms with van der Waals surface area (Å²) in [5.41, 5.74) is 3.55. The van der Waals surface area contributed by atoms with Gasteiger partial charge in [-0.1, -0.05) is 36.8 Å². The van der Waals surface area contributed by atoms with Crippen LogP contribution in [0.3, 0.4) is 0 Å². The van der Waals surface area contributed by atoms with Crippen LogP contribution >= 0.6 is 11.3 Å². The molecule has 2 aromatic heterocycles. The van der Waals surface area contributed by atoms with Gasteiger partial charge in [0, 0.05) is 22.9 Å². The summed E-state index contributed by atoms with van der Waals surface area (Å²) in [5, 5.41) is 0.803. The number of rotatable bonds is 3. The number of hydrogen-bond acceptors (Lipinski definition) is 4. The molecule has 142 valence electrons. The minimum atomic E-state index is 0.145. The second kappa shape index (κ2) is 7.21. The van der Waals surface area contributed by atoms with Crippen molar-refractivity contribution in [3.05, 3.63) is 50.9 Å². The molecule has 1 saturated heterocycles. The Bertz CT molecular complexity index is 1020. The Labute approximate surface area is 164 Å². The fourth-order valence-electron chi connectivity index (χ4n) is 4.16. The molecular weight excluding hydrogens is 354 g/mol. The molecule has 0 amide bonds. The van der Waals surface area contributed by atoms with Crippen molar-refractivity contribution >= 4 is 21.6 Å². The second-order valence-electron chi connectivity index (χ2n) is 7.67. The smallest absolute Gasteiger partial charge is 0.263 e. The zero-order valence-electron chi connectivity index (χ0n) is 16.6. The van der Waals surface area contributed by atoms with Gasteiger partial charge in [-0.25, -0.2) is 4.98 Å². The summed E-state index contributed by atoms with van der Waals surface area (Å²) in [6.07, 6.45) is 2.81. The Morgan fingerprint density at radius 3 is 2.44 bits per heavy atom. The number of nitrogens with zero attached hydrogens (tertiary/aromatic N) is 3. The summed E-state index contributed by atoms with van der Waals surface area (Å²) in [7, 11) is 2.15. The van der Waals surface area contributed by atoms with E-state index in [1.165, 1.54) is 10.4 Å². The van der Waals surface area contributed by atoms with Gasteiger partial charge in [-0.3, -0.25) is 9.36 Å². The number of likely N-dealkylation sites (tertiary alicyclic amines) is 1. The standard InChI is InChI=1S/C22H27N3OS/c1-5-18-23-21-20(22(26)25(18)17-10-12-24(4)13-11-17)19(15(3)27-21)16-8-6-14(2)7-9-16/h6-9,17H,5,10-13H2,1-4H3. The van der Waals surface area contributed by atoms with Crippen molar-refractivity contribution < 1.29 is 0 Å². The highest BCUT2D eigenvalue weighted by Crippen LogP contribution is 2.36. The summed E-state index contributed by atoms with van der Waals surface area (Å²) >= 11 is 1.64. The van der Waals surface area contributed by atoms with Gasteiger partial charge in [0.1, 0.15) is 10.7 Å². The van der Waals surface area contributed by atoms with Crippen molar-refractivity contribution in [2.75, 3.05) is 20.1 Å². The molecule has 1 aliphatic rings. The summed E-state index contributed by atoms with van der Waals surface area (Å²) in [6, 6.07) is 8.73. The Morgan fingerprint density at radius 2 is 1.81 bits per heavy atom. The van der Waals surface area contributed by atoms with E-state index in [1.54, 1.807) is 11.3 Å². The lowest BCUT2D eigenvalue weighted by atomic mass is 10.0. The molecule has 0 radical (unpaired) electrons. The van der Waals surface area contributed by atoms with E-state index < -0.39 is 0 Å². The Balaban J connectivity index is 1.94. The van der Waals surface area contributed by atoms with Gasteiger partial charge < -0.3 is 4.90 Å². The van der Waals surface area contributed by atoms with E-state index in [2.05, 4.69) is 57.0 Å². The van der Waals surface area contributed by atoms with E-state index in [4.69, 9.17) is 4.98 Å². The van der Waals surface area contributed by atoms with Crippen LogP contribution < -0.4 is 5.56 Å². The van der Waals surface area contributed by atoms with E-state index in [0.717, 1.165) is 59.5 Å². The molecule has 0 bridgehead atoms. The van der Waals surface area contributed by atoms with Crippen LogP contribution in [0.2, 0.25) is 0 Å². The molecule has 1 aliphatic heterocycles. The maximum absolute atomic E-state index is 13.7. The van der Waals surface area contributed by atoms with Gasteiger partial charge >= 0.3 is 0 Å². The molecule has 3 heterocycles. The zero-order chi connectivity index (χ0) is 19.1. The molecule has 4 rings (SSSR count). The number of benzene rings is 1. The van der Waals surface area contributed by atoms with Crippen LogP contribution in [-0.2, 0) is 6.42 Å². The number of thiophene rings is 1. The molecule has 1 fully saturated rings. The first-order valence-electron chi connectivity index (χ1n) is 9.79. The minimum Gasteiger partial charge on any atom is -0.306 e. The maximum Gasteiger partial charge on any atom is 0.263 e. The third-order valence-electron chi connectivity index (χ3n) is 5.72. The normalized spacial score (nSPS) is 16.3. The van der Waals surface area contributed by atoms with E-state index in [-0.39, 0.29) is 11.6 Å². The van der Waals surface area contributed by atoms with Crippen LogP contribution in [-0.4, -0.2) is 34.6 Å². The van der Waals surface area contributed by atoms with Crippen LogP contribution in [0.25, 0.3) is 21.3 Å². The molecule has 4 nitrogen and oxygen atoms in total. The topological polar surface area (TPSA) is 38.1 Å². The summed E-state index contributed by atoms with van der Waals surface area (Å²) in [6.45, 7) is 8.36. The highest BCUT2D eigenvalue weighted by Gasteiger charge is 2.25. The van der Waals surface area contributed by atoms with Crippen LogP contribution in [0.15, 0.2) is 29.1 Å². The molecule has 0 spiro atoms. The maximum atomic E-state index is 13.7. The third kappa shape index (κ3) is 3.23. The average Bonchev–Trinajstić information content (AvgIpc) is 2.99. The summed E-state index contributed by atoms with van der Waals surface area (Å²) in [5.74, 6) is 0.929. The van der Waals surface area contributed by atoms with Gasteiger partial charge in [0.2, 0.25) is 0 Å². The number of fused-ring (bicyclic) bond motifs is 1. The largest absolute Gasteiger partial charge is 0.306 e. The molecule has 0 aliphatic carbocycles. The Hall–Kier alpha value is -1.98. The van der Waals surface area contributed by atoms with Gasteiger partial charge in [-0.2, -0.15) is 0 Å². The fraction of sp³-hybridized carbons (Fsp3) is 0.455. The predicted octanol–water partition coefficient (Wildman–Crippen LogP) is 4.57. The number of aromatic nitrogens is 2. The number of piperidine rings is 1. The van der Waals surface area contributed by atoms with E-state index in [9.17, 15) is 4.79 Å². The van der Waals surface area contributed by atoms with E-state index in [1.807, 2.05) is 4.57 Å². The summed E-state index contributed by atoms with van der Waals surface area (Å²) in [4.78, 5) is 23.0. The second-order valence-corrected chi connectivity index (χ2v) is 8.87. The molecule has 0 atom stereocenters. The van der Waals surface area contributed by atoms with Crippen LogP contribution in [0.4, 0.5) is 0 Å². The van der Waals surface area contributed by atoms with Crippen LogP contribution in [0.5, 0.6) is 0 Å². The Morgan fingerprint density at radius 1 is 1.15 bits per heavy atom. The number of hydrogen-bond donors (Lipinski definition) is 0.